The third-order valence-electron chi connectivity index (χ3n) is 3.50. The molecule has 0 saturated carbocycles. The number of hydrogen-bond donors (Lipinski definition) is 1. The highest BCUT2D eigenvalue weighted by molar-refractivity contribution is 9.10. The second-order valence-electron chi connectivity index (χ2n) is 5.26. The van der Waals surface area contributed by atoms with E-state index in [1.807, 2.05) is 19.2 Å². The molecule has 0 bridgehead atoms. The molecule has 0 aliphatic rings. The topological polar surface area (TPSA) is 40.5 Å². The monoisotopic (exact) mass is 341 g/mol. The van der Waals surface area contributed by atoms with Crippen LogP contribution >= 0.6 is 15.9 Å². The summed E-state index contributed by atoms with van der Waals surface area (Å²) in [5, 5.41) is 8.72. The third kappa shape index (κ3) is 6.06. The Kier molecular flexibility index (Phi) is 7.85. The van der Waals surface area contributed by atoms with Crippen LogP contribution < -0.4 is 0 Å². The molecule has 1 rings (SSSR count). The Morgan fingerprint density at radius 3 is 2.50 bits per heavy atom. The van der Waals surface area contributed by atoms with Crippen molar-refractivity contribution in [1.29, 1.82) is 0 Å². The Morgan fingerprint density at radius 2 is 1.90 bits per heavy atom. The molecular formula is C16H24BrNO2. The van der Waals surface area contributed by atoms with Gasteiger partial charge in [-0.1, -0.05) is 35.0 Å². The number of unbranched alkanes of at least 4 members (excludes halogenated alkanes) is 2. The first kappa shape index (κ1) is 17.2. The Labute approximate surface area is 130 Å². The highest BCUT2D eigenvalue weighted by atomic mass is 79.9. The molecule has 0 aliphatic heterocycles. The largest absolute Gasteiger partial charge is 0.396 e. The van der Waals surface area contributed by atoms with E-state index in [4.69, 9.17) is 5.11 Å². The van der Waals surface area contributed by atoms with Crippen molar-refractivity contribution >= 4 is 21.8 Å². The summed E-state index contributed by atoms with van der Waals surface area (Å²) in [6.45, 7) is 3.09. The number of carbonyl (C=O) groups excluding carboxylic acids is 1. The zero-order valence-electron chi connectivity index (χ0n) is 12.3. The summed E-state index contributed by atoms with van der Waals surface area (Å²) in [4.78, 5) is 13.9. The quantitative estimate of drug-likeness (QED) is 0.734. The molecule has 1 aromatic carbocycles. The van der Waals surface area contributed by atoms with E-state index >= 15 is 0 Å². The second kappa shape index (κ2) is 9.14. The van der Waals surface area contributed by atoms with Crippen LogP contribution in [-0.4, -0.2) is 36.1 Å². The Balaban J connectivity index is 2.38. The van der Waals surface area contributed by atoms with Gasteiger partial charge < -0.3 is 10.0 Å². The molecule has 0 radical (unpaired) electrons. The molecule has 20 heavy (non-hydrogen) atoms. The Morgan fingerprint density at radius 1 is 1.25 bits per heavy atom. The number of amides is 1. The number of hydrogen-bond acceptors (Lipinski definition) is 2. The van der Waals surface area contributed by atoms with Crippen molar-refractivity contribution in [3.63, 3.8) is 0 Å². The number of rotatable bonds is 8. The molecule has 3 nitrogen and oxygen atoms in total. The minimum atomic E-state index is 0.185. The standard InChI is InChI=1S/C16H24BrNO2/c1-13(14-6-8-15(17)9-7-14)12-16(20)18(2)10-4-3-5-11-19/h6-9,13,19H,3-5,10-12H2,1-2H3. The number of aliphatic hydroxyl groups is 1. The minimum absolute atomic E-state index is 0.185. The SMILES string of the molecule is CC(CC(=O)N(C)CCCCCO)c1ccc(Br)cc1. The lowest BCUT2D eigenvalue weighted by Gasteiger charge is -2.20. The maximum Gasteiger partial charge on any atom is 0.222 e. The van der Waals surface area contributed by atoms with Gasteiger partial charge in [0.15, 0.2) is 0 Å². The summed E-state index contributed by atoms with van der Waals surface area (Å²) in [5.41, 5.74) is 1.19. The first-order chi connectivity index (χ1) is 9.54. The van der Waals surface area contributed by atoms with Gasteiger partial charge in [-0.3, -0.25) is 4.79 Å². The van der Waals surface area contributed by atoms with Crippen molar-refractivity contribution in [1.82, 2.24) is 4.90 Å². The van der Waals surface area contributed by atoms with Crippen LogP contribution in [0.3, 0.4) is 0 Å². The predicted molar refractivity (Wildman–Crippen MR) is 85.7 cm³/mol. The Bertz CT molecular complexity index is 405. The molecule has 0 fully saturated rings. The molecule has 0 aromatic heterocycles. The van der Waals surface area contributed by atoms with Crippen molar-refractivity contribution < 1.29 is 9.90 Å². The van der Waals surface area contributed by atoms with Crippen LogP contribution in [0, 0.1) is 0 Å². The van der Waals surface area contributed by atoms with Gasteiger partial charge in [0.25, 0.3) is 0 Å². The molecule has 1 amide bonds. The summed E-state index contributed by atoms with van der Waals surface area (Å²) in [7, 11) is 1.86. The number of halogens is 1. The maximum absolute atomic E-state index is 12.1. The van der Waals surface area contributed by atoms with Gasteiger partial charge in [0, 0.05) is 31.1 Å². The van der Waals surface area contributed by atoms with Gasteiger partial charge in [-0.2, -0.15) is 0 Å². The first-order valence-corrected chi connectivity index (χ1v) is 7.94. The number of aliphatic hydroxyl groups excluding tert-OH is 1. The van der Waals surface area contributed by atoms with E-state index in [9.17, 15) is 4.79 Å². The molecule has 1 aromatic rings. The predicted octanol–water partition coefficient (Wildman–Crippen LogP) is 3.56. The lowest BCUT2D eigenvalue weighted by Crippen LogP contribution is -2.28. The molecule has 0 spiro atoms. The van der Waals surface area contributed by atoms with Gasteiger partial charge in [0.05, 0.1) is 0 Å². The molecule has 4 heteroatoms. The van der Waals surface area contributed by atoms with E-state index < -0.39 is 0 Å². The summed E-state index contributed by atoms with van der Waals surface area (Å²) in [5.74, 6) is 0.417. The zero-order valence-corrected chi connectivity index (χ0v) is 13.9. The van der Waals surface area contributed by atoms with E-state index in [1.54, 1.807) is 4.90 Å². The van der Waals surface area contributed by atoms with Crippen LogP contribution in [0.1, 0.15) is 44.1 Å². The summed E-state index contributed by atoms with van der Waals surface area (Å²) >= 11 is 3.42. The summed E-state index contributed by atoms with van der Waals surface area (Å²) in [6, 6.07) is 8.14. The van der Waals surface area contributed by atoms with E-state index in [0.717, 1.165) is 30.3 Å². The van der Waals surface area contributed by atoms with Crippen molar-refractivity contribution in [2.45, 2.75) is 38.5 Å². The fourth-order valence-electron chi connectivity index (χ4n) is 2.09. The normalized spacial score (nSPS) is 12.2. The van der Waals surface area contributed by atoms with Gasteiger partial charge in [0.1, 0.15) is 0 Å². The zero-order chi connectivity index (χ0) is 15.0. The van der Waals surface area contributed by atoms with Crippen molar-refractivity contribution in [2.24, 2.45) is 0 Å². The molecule has 1 atom stereocenters. The number of carbonyl (C=O) groups is 1. The van der Waals surface area contributed by atoms with Crippen LogP contribution in [0.15, 0.2) is 28.7 Å². The van der Waals surface area contributed by atoms with E-state index in [2.05, 4.69) is 35.0 Å². The smallest absolute Gasteiger partial charge is 0.222 e. The fraction of sp³-hybridized carbons (Fsp3) is 0.562. The molecule has 0 aliphatic carbocycles. The second-order valence-corrected chi connectivity index (χ2v) is 6.17. The van der Waals surface area contributed by atoms with Crippen LogP contribution in [0.4, 0.5) is 0 Å². The van der Waals surface area contributed by atoms with E-state index in [-0.39, 0.29) is 18.4 Å². The van der Waals surface area contributed by atoms with Crippen molar-refractivity contribution in [3.8, 4) is 0 Å². The maximum atomic E-state index is 12.1. The van der Waals surface area contributed by atoms with Crippen LogP contribution in [0.2, 0.25) is 0 Å². The minimum Gasteiger partial charge on any atom is -0.396 e. The van der Waals surface area contributed by atoms with E-state index in [0.29, 0.717) is 6.42 Å². The molecule has 1 unspecified atom stereocenters. The van der Waals surface area contributed by atoms with Gasteiger partial charge in [-0.25, -0.2) is 0 Å². The molecule has 0 saturated heterocycles. The number of nitrogens with zero attached hydrogens (tertiary/aromatic N) is 1. The van der Waals surface area contributed by atoms with Gasteiger partial charge in [-0.15, -0.1) is 0 Å². The number of benzene rings is 1. The van der Waals surface area contributed by atoms with E-state index in [1.165, 1.54) is 5.56 Å². The highest BCUT2D eigenvalue weighted by Crippen LogP contribution is 2.22. The fourth-order valence-corrected chi connectivity index (χ4v) is 2.35. The highest BCUT2D eigenvalue weighted by Gasteiger charge is 2.14. The molecule has 1 N–H and O–H groups in total. The van der Waals surface area contributed by atoms with Crippen molar-refractivity contribution in [2.75, 3.05) is 20.2 Å². The third-order valence-corrected chi connectivity index (χ3v) is 4.03. The van der Waals surface area contributed by atoms with Crippen LogP contribution in [-0.2, 0) is 4.79 Å². The van der Waals surface area contributed by atoms with Crippen molar-refractivity contribution in [3.05, 3.63) is 34.3 Å². The molecule has 112 valence electrons. The molecular weight excluding hydrogens is 318 g/mol. The van der Waals surface area contributed by atoms with Gasteiger partial charge >= 0.3 is 0 Å². The summed E-state index contributed by atoms with van der Waals surface area (Å²) < 4.78 is 1.06. The Hall–Kier alpha value is -0.870. The average Bonchev–Trinajstić information content (AvgIpc) is 2.44. The lowest BCUT2D eigenvalue weighted by atomic mass is 9.97. The average molecular weight is 342 g/mol. The summed E-state index contributed by atoms with van der Waals surface area (Å²) in [6.07, 6.45) is 3.28. The van der Waals surface area contributed by atoms with Crippen LogP contribution in [0.25, 0.3) is 0 Å². The van der Waals surface area contributed by atoms with Gasteiger partial charge in [0.2, 0.25) is 5.91 Å². The van der Waals surface area contributed by atoms with Gasteiger partial charge in [-0.05, 0) is 42.9 Å². The first-order valence-electron chi connectivity index (χ1n) is 7.15. The van der Waals surface area contributed by atoms with Crippen LogP contribution in [0.5, 0.6) is 0 Å². The lowest BCUT2D eigenvalue weighted by molar-refractivity contribution is -0.130. The molecule has 0 heterocycles.